The second-order valence-corrected chi connectivity index (χ2v) is 8.44. The lowest BCUT2D eigenvalue weighted by Gasteiger charge is -2.09. The quantitative estimate of drug-likeness (QED) is 0.454. The lowest BCUT2D eigenvalue weighted by molar-refractivity contribution is -0.143. The number of carbonyl (C=O) groups excluding carboxylic acids is 1. The number of halogens is 2. The summed E-state index contributed by atoms with van der Waals surface area (Å²) >= 11 is 12.1. The van der Waals surface area contributed by atoms with Gasteiger partial charge in [-0.1, -0.05) is 23.2 Å². The lowest BCUT2D eigenvalue weighted by Crippen LogP contribution is -2.15. The van der Waals surface area contributed by atoms with E-state index in [2.05, 4.69) is 4.98 Å². The molecule has 142 valence electrons. The molecule has 0 bridgehead atoms. The zero-order chi connectivity index (χ0) is 19.8. The van der Waals surface area contributed by atoms with Crippen molar-refractivity contribution < 1.29 is 17.9 Å². The number of hydrogen-bond acceptors (Lipinski definition) is 5. The van der Waals surface area contributed by atoms with Crippen LogP contribution in [0.5, 0.6) is 0 Å². The van der Waals surface area contributed by atoms with Crippen LogP contribution in [0, 0.1) is 6.92 Å². The molecule has 2 heterocycles. The van der Waals surface area contributed by atoms with Gasteiger partial charge in [0.05, 0.1) is 22.4 Å². The van der Waals surface area contributed by atoms with Crippen molar-refractivity contribution in [1.82, 2.24) is 9.55 Å². The molecule has 0 unspecified atom stereocenters. The zero-order valence-corrected chi connectivity index (χ0v) is 16.9. The molecule has 0 fully saturated rings. The predicted octanol–water partition coefficient (Wildman–Crippen LogP) is 4.05. The Balaban J connectivity index is 2.28. The fourth-order valence-corrected chi connectivity index (χ4v) is 5.07. The number of pyridine rings is 1. The van der Waals surface area contributed by atoms with Crippen molar-refractivity contribution in [2.24, 2.45) is 0 Å². The molecule has 0 saturated carbocycles. The predicted molar refractivity (Wildman–Crippen MR) is 103 cm³/mol. The van der Waals surface area contributed by atoms with Gasteiger partial charge in [0.1, 0.15) is 16.6 Å². The molecule has 9 heteroatoms. The first-order chi connectivity index (χ1) is 12.8. The smallest absolute Gasteiger partial charge is 0.325 e. The van der Waals surface area contributed by atoms with Gasteiger partial charge in [0.15, 0.2) is 0 Å². The second kappa shape index (κ2) is 7.50. The van der Waals surface area contributed by atoms with Crippen LogP contribution in [0.15, 0.2) is 46.3 Å². The molecule has 0 N–H and O–H groups in total. The molecule has 1 aromatic carbocycles. The van der Waals surface area contributed by atoms with E-state index < -0.39 is 15.8 Å². The summed E-state index contributed by atoms with van der Waals surface area (Å²) in [5.74, 6) is -0.471. The number of aromatic nitrogens is 2. The highest BCUT2D eigenvalue weighted by Crippen LogP contribution is 2.37. The van der Waals surface area contributed by atoms with E-state index in [1.807, 2.05) is 0 Å². The van der Waals surface area contributed by atoms with Crippen molar-refractivity contribution in [2.45, 2.75) is 30.2 Å². The Morgan fingerprint density at radius 2 is 1.85 bits per heavy atom. The number of benzene rings is 1. The summed E-state index contributed by atoms with van der Waals surface area (Å²) in [7, 11) is -3.92. The molecule has 3 aromatic rings. The third-order valence-corrected chi connectivity index (χ3v) is 6.59. The van der Waals surface area contributed by atoms with Crippen molar-refractivity contribution in [3.63, 3.8) is 0 Å². The van der Waals surface area contributed by atoms with Gasteiger partial charge in [-0.25, -0.2) is 13.4 Å². The number of esters is 1. The van der Waals surface area contributed by atoms with Crippen molar-refractivity contribution in [3.05, 3.63) is 52.4 Å². The maximum atomic E-state index is 13.3. The van der Waals surface area contributed by atoms with E-state index >= 15 is 0 Å². The monoisotopic (exact) mass is 426 g/mol. The van der Waals surface area contributed by atoms with Crippen LogP contribution in [0.2, 0.25) is 10.2 Å². The Bertz CT molecular complexity index is 1120. The molecule has 0 aliphatic heterocycles. The average Bonchev–Trinajstić information content (AvgIpc) is 2.90. The maximum absolute atomic E-state index is 13.3. The van der Waals surface area contributed by atoms with E-state index in [9.17, 15) is 13.2 Å². The Labute approximate surface area is 166 Å². The van der Waals surface area contributed by atoms with Crippen molar-refractivity contribution in [1.29, 1.82) is 0 Å². The molecule has 0 radical (unpaired) electrons. The third kappa shape index (κ3) is 3.54. The summed E-state index contributed by atoms with van der Waals surface area (Å²) in [6, 6.07) is 7.48. The molecule has 0 atom stereocenters. The van der Waals surface area contributed by atoms with Crippen molar-refractivity contribution >= 4 is 49.9 Å². The standard InChI is InChI=1S/C18H16Cl2N2O4S/c1-3-26-15(23)10-22-11(2)17(16-14(22)8-9-21-18(16)20)27(24,25)13-6-4-12(19)5-7-13/h4-9H,3,10H2,1-2H3. The van der Waals surface area contributed by atoms with Crippen LogP contribution >= 0.6 is 23.2 Å². The molecule has 0 saturated heterocycles. The van der Waals surface area contributed by atoms with Crippen LogP contribution in [0.3, 0.4) is 0 Å². The van der Waals surface area contributed by atoms with Crippen LogP contribution in [0.25, 0.3) is 10.9 Å². The first-order valence-electron chi connectivity index (χ1n) is 8.07. The summed E-state index contributed by atoms with van der Waals surface area (Å²) in [5, 5.41) is 0.747. The largest absolute Gasteiger partial charge is 0.465 e. The fourth-order valence-electron chi connectivity index (χ4n) is 2.95. The summed E-state index contributed by atoms with van der Waals surface area (Å²) in [4.78, 5) is 16.1. The van der Waals surface area contributed by atoms with Gasteiger partial charge >= 0.3 is 5.97 Å². The fraction of sp³-hybridized carbons (Fsp3) is 0.222. The minimum atomic E-state index is -3.92. The van der Waals surface area contributed by atoms with Gasteiger partial charge in [0.25, 0.3) is 0 Å². The van der Waals surface area contributed by atoms with E-state index in [1.165, 1.54) is 30.5 Å². The summed E-state index contributed by atoms with van der Waals surface area (Å²) in [5.41, 5.74) is 0.871. The van der Waals surface area contributed by atoms with Gasteiger partial charge in [0.2, 0.25) is 9.84 Å². The molecule has 0 aliphatic carbocycles. The average molecular weight is 427 g/mol. The molecule has 27 heavy (non-hydrogen) atoms. The second-order valence-electron chi connectivity index (χ2n) is 5.76. The van der Waals surface area contributed by atoms with Gasteiger partial charge < -0.3 is 9.30 Å². The summed E-state index contributed by atoms with van der Waals surface area (Å²) in [6.07, 6.45) is 1.46. The number of carbonyl (C=O) groups is 1. The third-order valence-electron chi connectivity index (χ3n) is 4.12. The zero-order valence-electron chi connectivity index (χ0n) is 14.6. The van der Waals surface area contributed by atoms with Crippen LogP contribution in [-0.2, 0) is 25.9 Å². The molecular weight excluding hydrogens is 411 g/mol. The van der Waals surface area contributed by atoms with Crippen LogP contribution in [0.4, 0.5) is 0 Å². The van der Waals surface area contributed by atoms with Crippen molar-refractivity contribution in [3.8, 4) is 0 Å². The topological polar surface area (TPSA) is 78.3 Å². The number of sulfone groups is 1. The normalized spacial score (nSPS) is 11.7. The summed E-state index contributed by atoms with van der Waals surface area (Å²) in [6.45, 7) is 3.43. The van der Waals surface area contributed by atoms with Gasteiger partial charge in [-0.2, -0.15) is 0 Å². The first kappa shape index (κ1) is 19.7. The van der Waals surface area contributed by atoms with Crippen LogP contribution in [-0.4, -0.2) is 30.5 Å². The number of ether oxygens (including phenoxy) is 1. The molecule has 2 aromatic heterocycles. The lowest BCUT2D eigenvalue weighted by atomic mass is 10.3. The number of nitrogens with zero attached hydrogens (tertiary/aromatic N) is 2. The maximum Gasteiger partial charge on any atom is 0.325 e. The Morgan fingerprint density at radius 3 is 2.48 bits per heavy atom. The SMILES string of the molecule is CCOC(=O)Cn1c(C)c(S(=O)(=O)c2ccc(Cl)cc2)c2c(Cl)nccc21. The van der Waals surface area contributed by atoms with E-state index in [0.29, 0.717) is 16.2 Å². The molecule has 0 aliphatic rings. The number of hydrogen-bond donors (Lipinski definition) is 0. The Hall–Kier alpha value is -2.09. The van der Waals surface area contributed by atoms with Gasteiger partial charge in [-0.3, -0.25) is 4.79 Å². The van der Waals surface area contributed by atoms with E-state index in [-0.39, 0.29) is 33.5 Å². The molecule has 3 rings (SSSR count). The van der Waals surface area contributed by atoms with E-state index in [1.54, 1.807) is 24.5 Å². The molecule has 0 amide bonds. The Morgan fingerprint density at radius 1 is 1.19 bits per heavy atom. The molecular formula is C18H16Cl2N2O4S. The van der Waals surface area contributed by atoms with Gasteiger partial charge in [-0.15, -0.1) is 0 Å². The minimum absolute atomic E-state index is 0.0159. The number of rotatable bonds is 5. The summed E-state index contributed by atoms with van der Waals surface area (Å²) < 4.78 is 33.2. The first-order valence-corrected chi connectivity index (χ1v) is 10.3. The van der Waals surface area contributed by atoms with Crippen LogP contribution in [0.1, 0.15) is 12.6 Å². The van der Waals surface area contributed by atoms with Crippen LogP contribution < -0.4 is 0 Å². The molecule has 0 spiro atoms. The van der Waals surface area contributed by atoms with Gasteiger partial charge in [-0.05, 0) is 44.2 Å². The van der Waals surface area contributed by atoms with E-state index in [0.717, 1.165) is 0 Å². The highest BCUT2D eigenvalue weighted by Gasteiger charge is 2.29. The van der Waals surface area contributed by atoms with E-state index in [4.69, 9.17) is 27.9 Å². The number of fused-ring (bicyclic) bond motifs is 1. The van der Waals surface area contributed by atoms with Gasteiger partial charge in [0, 0.05) is 16.9 Å². The highest BCUT2D eigenvalue weighted by atomic mass is 35.5. The van der Waals surface area contributed by atoms with Crippen molar-refractivity contribution in [2.75, 3.05) is 6.61 Å². The Kier molecular flexibility index (Phi) is 5.46. The highest BCUT2D eigenvalue weighted by molar-refractivity contribution is 7.91. The minimum Gasteiger partial charge on any atom is -0.465 e. The molecule has 6 nitrogen and oxygen atoms in total.